The van der Waals surface area contributed by atoms with Crippen LogP contribution in [0.25, 0.3) is 5.69 Å². The van der Waals surface area contributed by atoms with Crippen LogP contribution in [-0.2, 0) is 4.74 Å². The molecule has 0 aliphatic carbocycles. The molecule has 0 saturated heterocycles. The van der Waals surface area contributed by atoms with Gasteiger partial charge in [-0.1, -0.05) is 13.8 Å². The van der Waals surface area contributed by atoms with E-state index in [-0.39, 0.29) is 16.9 Å². The number of benzene rings is 1. The van der Waals surface area contributed by atoms with Gasteiger partial charge in [-0.05, 0) is 19.1 Å². The number of carbonyl (C=O) groups excluding carboxylic acids is 1. The van der Waals surface area contributed by atoms with Crippen LogP contribution in [0.4, 0.5) is 5.69 Å². The number of nitro groups is 1. The SMILES string of the molecule is CC.COC(=O)c1ccc([N+](=O)[O-])c(-n2ccnc2C)c1. The van der Waals surface area contributed by atoms with Gasteiger partial charge in [0.1, 0.15) is 11.5 Å². The van der Waals surface area contributed by atoms with Crippen LogP contribution < -0.4 is 0 Å². The van der Waals surface area contributed by atoms with Gasteiger partial charge in [-0.3, -0.25) is 14.7 Å². The first-order valence-corrected chi connectivity index (χ1v) is 6.41. The Kier molecular flexibility index (Phi) is 5.59. The molecular formula is C14H17N3O4. The number of methoxy groups -OCH3 is 1. The molecule has 0 aliphatic rings. The van der Waals surface area contributed by atoms with Crippen LogP contribution in [0.2, 0.25) is 0 Å². The maximum atomic E-state index is 11.5. The second-order valence-electron chi connectivity index (χ2n) is 3.80. The summed E-state index contributed by atoms with van der Waals surface area (Å²) in [5.74, 6) is 0.0408. The van der Waals surface area contributed by atoms with Crippen LogP contribution in [-0.4, -0.2) is 27.6 Å². The Labute approximate surface area is 122 Å². The molecule has 7 heteroatoms. The Morgan fingerprint density at radius 3 is 2.52 bits per heavy atom. The lowest BCUT2D eigenvalue weighted by molar-refractivity contribution is -0.384. The molecule has 1 aromatic heterocycles. The molecule has 0 unspecified atom stereocenters. The van der Waals surface area contributed by atoms with Crippen molar-refractivity contribution in [2.75, 3.05) is 7.11 Å². The lowest BCUT2D eigenvalue weighted by Gasteiger charge is -2.07. The van der Waals surface area contributed by atoms with E-state index in [9.17, 15) is 14.9 Å². The number of esters is 1. The third-order valence-electron chi connectivity index (χ3n) is 2.68. The number of imidazole rings is 1. The van der Waals surface area contributed by atoms with Gasteiger partial charge in [0.15, 0.2) is 0 Å². The lowest BCUT2D eigenvalue weighted by Crippen LogP contribution is -2.06. The Balaban J connectivity index is 0.00000106. The van der Waals surface area contributed by atoms with Crippen LogP contribution in [0, 0.1) is 17.0 Å². The molecule has 0 radical (unpaired) electrons. The highest BCUT2D eigenvalue weighted by Crippen LogP contribution is 2.25. The van der Waals surface area contributed by atoms with E-state index in [1.54, 1.807) is 17.7 Å². The molecule has 0 fully saturated rings. The average molecular weight is 291 g/mol. The maximum absolute atomic E-state index is 11.5. The van der Waals surface area contributed by atoms with Crippen molar-refractivity contribution in [1.82, 2.24) is 9.55 Å². The molecule has 2 aromatic rings. The van der Waals surface area contributed by atoms with E-state index in [4.69, 9.17) is 0 Å². The van der Waals surface area contributed by atoms with Crippen molar-refractivity contribution in [3.05, 3.63) is 52.1 Å². The van der Waals surface area contributed by atoms with Gasteiger partial charge in [0, 0.05) is 18.5 Å². The van der Waals surface area contributed by atoms with Crippen molar-refractivity contribution in [3.8, 4) is 5.69 Å². The highest BCUT2D eigenvalue weighted by molar-refractivity contribution is 5.90. The number of ether oxygens (including phenoxy) is 1. The molecule has 0 spiro atoms. The number of carbonyl (C=O) groups is 1. The largest absolute Gasteiger partial charge is 0.465 e. The third-order valence-corrected chi connectivity index (χ3v) is 2.68. The Bertz CT molecular complexity index is 649. The van der Waals surface area contributed by atoms with Gasteiger partial charge in [-0.25, -0.2) is 9.78 Å². The summed E-state index contributed by atoms with van der Waals surface area (Å²) >= 11 is 0. The van der Waals surface area contributed by atoms with Crippen LogP contribution in [0.3, 0.4) is 0 Å². The van der Waals surface area contributed by atoms with E-state index in [1.165, 1.54) is 31.5 Å². The molecule has 7 nitrogen and oxygen atoms in total. The van der Waals surface area contributed by atoms with Gasteiger partial charge >= 0.3 is 5.97 Å². The molecule has 0 saturated carbocycles. The zero-order valence-electron chi connectivity index (χ0n) is 12.4. The van der Waals surface area contributed by atoms with E-state index < -0.39 is 10.9 Å². The van der Waals surface area contributed by atoms with Crippen LogP contribution in [0.5, 0.6) is 0 Å². The number of hydrogen-bond acceptors (Lipinski definition) is 5. The van der Waals surface area contributed by atoms with Gasteiger partial charge in [0.2, 0.25) is 0 Å². The van der Waals surface area contributed by atoms with Crippen LogP contribution in [0.1, 0.15) is 30.0 Å². The van der Waals surface area contributed by atoms with Crippen molar-refractivity contribution in [3.63, 3.8) is 0 Å². The standard InChI is InChI=1S/C12H11N3O4.C2H6/c1-8-13-5-6-14(8)11-7-9(12(16)19-2)3-4-10(11)15(17)18;1-2/h3-7H,1-2H3;1-2H3. The van der Waals surface area contributed by atoms with E-state index in [2.05, 4.69) is 9.72 Å². The maximum Gasteiger partial charge on any atom is 0.337 e. The van der Waals surface area contributed by atoms with Gasteiger partial charge in [0.25, 0.3) is 5.69 Å². The summed E-state index contributed by atoms with van der Waals surface area (Å²) in [7, 11) is 1.26. The minimum Gasteiger partial charge on any atom is -0.465 e. The summed E-state index contributed by atoms with van der Waals surface area (Å²) in [5, 5.41) is 11.0. The zero-order valence-corrected chi connectivity index (χ0v) is 12.4. The van der Waals surface area contributed by atoms with E-state index in [0.29, 0.717) is 5.82 Å². The molecule has 2 rings (SSSR count). The second-order valence-corrected chi connectivity index (χ2v) is 3.80. The van der Waals surface area contributed by atoms with Gasteiger partial charge < -0.3 is 4.74 Å². The summed E-state index contributed by atoms with van der Waals surface area (Å²) in [6, 6.07) is 4.05. The molecule has 0 aliphatic heterocycles. The minimum absolute atomic E-state index is 0.103. The molecule has 0 amide bonds. The fourth-order valence-electron chi connectivity index (χ4n) is 1.75. The highest BCUT2D eigenvalue weighted by atomic mass is 16.6. The number of rotatable bonds is 3. The van der Waals surface area contributed by atoms with Crippen molar-refractivity contribution in [1.29, 1.82) is 0 Å². The molecule has 21 heavy (non-hydrogen) atoms. The number of hydrogen-bond donors (Lipinski definition) is 0. The van der Waals surface area contributed by atoms with Crippen molar-refractivity contribution in [2.45, 2.75) is 20.8 Å². The number of aromatic nitrogens is 2. The number of aryl methyl sites for hydroxylation is 1. The first-order valence-electron chi connectivity index (χ1n) is 6.41. The fraction of sp³-hybridized carbons (Fsp3) is 0.286. The summed E-state index contributed by atoms with van der Waals surface area (Å²) in [6.45, 7) is 5.72. The quantitative estimate of drug-likeness (QED) is 0.493. The van der Waals surface area contributed by atoms with E-state index >= 15 is 0 Å². The minimum atomic E-state index is -0.547. The van der Waals surface area contributed by atoms with E-state index in [0.717, 1.165) is 0 Å². The Hall–Kier alpha value is -2.70. The molecular weight excluding hydrogens is 274 g/mol. The summed E-state index contributed by atoms with van der Waals surface area (Å²) in [4.78, 5) is 26.0. The molecule has 112 valence electrons. The molecule has 0 N–H and O–H groups in total. The molecule has 1 aromatic carbocycles. The topological polar surface area (TPSA) is 87.3 Å². The van der Waals surface area contributed by atoms with Gasteiger partial charge in [-0.2, -0.15) is 0 Å². The third kappa shape index (κ3) is 3.44. The summed E-state index contributed by atoms with van der Waals surface area (Å²) in [5.41, 5.74) is 0.424. The van der Waals surface area contributed by atoms with Crippen molar-refractivity contribution >= 4 is 11.7 Å². The van der Waals surface area contributed by atoms with Gasteiger partial charge in [-0.15, -0.1) is 0 Å². The zero-order chi connectivity index (χ0) is 16.0. The average Bonchev–Trinajstić information content (AvgIpc) is 2.93. The molecule has 0 atom stereocenters. The first-order chi connectivity index (χ1) is 10.0. The highest BCUT2D eigenvalue weighted by Gasteiger charge is 2.19. The summed E-state index contributed by atoms with van der Waals surface area (Å²) < 4.78 is 6.15. The Morgan fingerprint density at radius 2 is 2.05 bits per heavy atom. The summed E-state index contributed by atoms with van der Waals surface area (Å²) in [6.07, 6.45) is 3.13. The fourth-order valence-corrected chi connectivity index (χ4v) is 1.75. The predicted octanol–water partition coefficient (Wildman–Crippen LogP) is 2.90. The normalized spacial score (nSPS) is 9.52. The van der Waals surface area contributed by atoms with Crippen molar-refractivity contribution in [2.24, 2.45) is 0 Å². The predicted molar refractivity (Wildman–Crippen MR) is 77.6 cm³/mol. The van der Waals surface area contributed by atoms with E-state index in [1.807, 2.05) is 13.8 Å². The first kappa shape index (κ1) is 16.4. The van der Waals surface area contributed by atoms with Crippen molar-refractivity contribution < 1.29 is 14.5 Å². The van der Waals surface area contributed by atoms with Crippen LogP contribution >= 0.6 is 0 Å². The number of nitrogens with zero attached hydrogens (tertiary/aromatic N) is 3. The van der Waals surface area contributed by atoms with Crippen LogP contribution in [0.15, 0.2) is 30.6 Å². The number of nitro benzene ring substituents is 1. The van der Waals surface area contributed by atoms with Gasteiger partial charge in [0.05, 0.1) is 17.6 Å². The molecule has 1 heterocycles. The molecule has 0 bridgehead atoms. The smallest absolute Gasteiger partial charge is 0.337 e. The Morgan fingerprint density at radius 1 is 1.38 bits per heavy atom. The monoisotopic (exact) mass is 291 g/mol. The lowest BCUT2D eigenvalue weighted by atomic mass is 10.1. The second kappa shape index (κ2) is 7.18.